The van der Waals surface area contributed by atoms with Crippen molar-refractivity contribution in [1.29, 1.82) is 0 Å². The number of benzene rings is 1. The Morgan fingerprint density at radius 2 is 2.12 bits per heavy atom. The van der Waals surface area contributed by atoms with E-state index in [0.717, 1.165) is 47.3 Å². The Morgan fingerprint density at radius 3 is 3.08 bits per heavy atom. The molecule has 3 aromatic heterocycles. The summed E-state index contributed by atoms with van der Waals surface area (Å²) in [6.07, 6.45) is 5.89. The topological polar surface area (TPSA) is 66.3 Å². The van der Waals surface area contributed by atoms with E-state index in [1.165, 1.54) is 0 Å². The number of hydrogen-bond acceptors (Lipinski definition) is 3. The van der Waals surface area contributed by atoms with Gasteiger partial charge in [0, 0.05) is 47.9 Å². The SMILES string of the molecule is O=C(c1ccc2[nH]ccc2c1)N1CCC[C@@H](c2nnc3ccccn23)C1. The smallest absolute Gasteiger partial charge is 0.253 e. The van der Waals surface area contributed by atoms with E-state index >= 15 is 0 Å². The van der Waals surface area contributed by atoms with E-state index in [2.05, 4.69) is 15.2 Å². The van der Waals surface area contributed by atoms with Crippen molar-refractivity contribution in [3.63, 3.8) is 0 Å². The summed E-state index contributed by atoms with van der Waals surface area (Å²) >= 11 is 0. The second kappa shape index (κ2) is 5.98. The number of H-pyrrole nitrogens is 1. The van der Waals surface area contributed by atoms with Crippen molar-refractivity contribution in [3.8, 4) is 0 Å². The number of hydrogen-bond donors (Lipinski definition) is 1. The van der Waals surface area contributed by atoms with Crippen LogP contribution in [0.15, 0.2) is 54.9 Å². The van der Waals surface area contributed by atoms with Gasteiger partial charge >= 0.3 is 0 Å². The summed E-state index contributed by atoms with van der Waals surface area (Å²) in [6.45, 7) is 1.47. The summed E-state index contributed by atoms with van der Waals surface area (Å²) in [5.74, 6) is 1.24. The van der Waals surface area contributed by atoms with E-state index in [1.54, 1.807) is 0 Å². The number of nitrogens with zero attached hydrogens (tertiary/aromatic N) is 4. The van der Waals surface area contributed by atoms with E-state index in [1.807, 2.05) is 64.2 Å². The molecule has 0 saturated carbocycles. The quantitative estimate of drug-likeness (QED) is 0.606. The predicted octanol–water partition coefficient (Wildman–Crippen LogP) is 3.23. The first-order valence-corrected chi connectivity index (χ1v) is 8.96. The zero-order chi connectivity index (χ0) is 17.5. The van der Waals surface area contributed by atoms with Crippen LogP contribution in [0.3, 0.4) is 0 Å². The lowest BCUT2D eigenvalue weighted by atomic mass is 9.96. The molecular formula is C20H19N5O. The van der Waals surface area contributed by atoms with E-state index in [0.29, 0.717) is 6.54 Å². The zero-order valence-electron chi connectivity index (χ0n) is 14.3. The molecule has 0 unspecified atom stereocenters. The molecule has 1 aliphatic heterocycles. The molecule has 0 bridgehead atoms. The summed E-state index contributed by atoms with van der Waals surface area (Å²) in [7, 11) is 0. The van der Waals surface area contributed by atoms with E-state index in [4.69, 9.17) is 0 Å². The van der Waals surface area contributed by atoms with Crippen LogP contribution in [-0.2, 0) is 0 Å². The molecule has 0 radical (unpaired) electrons. The number of nitrogens with one attached hydrogen (secondary N) is 1. The Kier molecular flexibility index (Phi) is 3.48. The number of amides is 1. The molecule has 26 heavy (non-hydrogen) atoms. The minimum atomic E-state index is 0.0895. The Labute approximate surface area is 150 Å². The molecule has 0 spiro atoms. The van der Waals surface area contributed by atoms with Gasteiger partial charge in [-0.05, 0) is 49.2 Å². The first-order valence-electron chi connectivity index (χ1n) is 8.96. The van der Waals surface area contributed by atoms with Crippen LogP contribution >= 0.6 is 0 Å². The van der Waals surface area contributed by atoms with Gasteiger partial charge in [0.15, 0.2) is 5.65 Å². The summed E-state index contributed by atoms with van der Waals surface area (Å²) in [4.78, 5) is 18.1. The molecule has 4 aromatic rings. The minimum absolute atomic E-state index is 0.0895. The highest BCUT2D eigenvalue weighted by molar-refractivity contribution is 5.98. The maximum atomic E-state index is 13.0. The first kappa shape index (κ1) is 15.1. The third-order valence-corrected chi connectivity index (χ3v) is 5.21. The minimum Gasteiger partial charge on any atom is -0.361 e. The fourth-order valence-corrected chi connectivity index (χ4v) is 3.88. The highest BCUT2D eigenvalue weighted by Crippen LogP contribution is 2.27. The van der Waals surface area contributed by atoms with Gasteiger partial charge in [-0.1, -0.05) is 6.07 Å². The molecule has 6 nitrogen and oxygen atoms in total. The van der Waals surface area contributed by atoms with Gasteiger partial charge < -0.3 is 9.88 Å². The second-order valence-corrected chi connectivity index (χ2v) is 6.86. The molecule has 1 atom stereocenters. The average Bonchev–Trinajstić information content (AvgIpc) is 3.33. The number of pyridine rings is 1. The Bertz CT molecular complexity index is 1100. The van der Waals surface area contributed by atoms with Gasteiger partial charge in [-0.2, -0.15) is 0 Å². The monoisotopic (exact) mass is 345 g/mol. The molecule has 130 valence electrons. The van der Waals surface area contributed by atoms with Crippen LogP contribution in [0.5, 0.6) is 0 Å². The van der Waals surface area contributed by atoms with Crippen LogP contribution in [0.25, 0.3) is 16.6 Å². The number of carbonyl (C=O) groups is 1. The van der Waals surface area contributed by atoms with Crippen molar-refractivity contribution in [2.45, 2.75) is 18.8 Å². The highest BCUT2D eigenvalue weighted by atomic mass is 16.2. The van der Waals surface area contributed by atoms with E-state index in [9.17, 15) is 4.79 Å². The number of fused-ring (bicyclic) bond motifs is 2. The normalized spacial score (nSPS) is 17.8. The molecule has 5 rings (SSSR count). The van der Waals surface area contributed by atoms with Gasteiger partial charge in [-0.25, -0.2) is 0 Å². The maximum Gasteiger partial charge on any atom is 0.253 e. The Morgan fingerprint density at radius 1 is 1.15 bits per heavy atom. The average molecular weight is 345 g/mol. The number of aromatic nitrogens is 4. The zero-order valence-corrected chi connectivity index (χ0v) is 14.3. The van der Waals surface area contributed by atoms with Crippen molar-refractivity contribution < 1.29 is 4.79 Å². The molecule has 1 aliphatic rings. The fraction of sp³-hybridized carbons (Fsp3) is 0.250. The first-order chi connectivity index (χ1) is 12.8. The lowest BCUT2D eigenvalue weighted by Gasteiger charge is -2.32. The van der Waals surface area contributed by atoms with Crippen LogP contribution in [0.4, 0.5) is 0 Å². The molecule has 0 aliphatic carbocycles. The van der Waals surface area contributed by atoms with Gasteiger partial charge in [0.25, 0.3) is 5.91 Å². The molecule has 1 amide bonds. The Hall–Kier alpha value is -3.15. The molecule has 1 fully saturated rings. The number of carbonyl (C=O) groups excluding carboxylic acids is 1. The highest BCUT2D eigenvalue weighted by Gasteiger charge is 2.28. The van der Waals surface area contributed by atoms with Crippen molar-refractivity contribution in [2.24, 2.45) is 0 Å². The van der Waals surface area contributed by atoms with Crippen LogP contribution in [-0.4, -0.2) is 43.5 Å². The van der Waals surface area contributed by atoms with E-state index in [-0.39, 0.29) is 11.8 Å². The van der Waals surface area contributed by atoms with Crippen LogP contribution < -0.4 is 0 Å². The summed E-state index contributed by atoms with van der Waals surface area (Å²) in [6, 6.07) is 13.7. The number of piperidine rings is 1. The predicted molar refractivity (Wildman–Crippen MR) is 99.2 cm³/mol. The Balaban J connectivity index is 1.42. The van der Waals surface area contributed by atoms with Crippen LogP contribution in [0.1, 0.15) is 34.9 Å². The molecular weight excluding hydrogens is 326 g/mol. The van der Waals surface area contributed by atoms with Crippen molar-refractivity contribution in [1.82, 2.24) is 24.5 Å². The molecule has 1 aromatic carbocycles. The van der Waals surface area contributed by atoms with Gasteiger partial charge in [-0.3, -0.25) is 9.20 Å². The van der Waals surface area contributed by atoms with Crippen LogP contribution in [0.2, 0.25) is 0 Å². The lowest BCUT2D eigenvalue weighted by Crippen LogP contribution is -2.39. The third-order valence-electron chi connectivity index (χ3n) is 5.21. The summed E-state index contributed by atoms with van der Waals surface area (Å²) < 4.78 is 2.03. The third kappa shape index (κ3) is 2.45. The van der Waals surface area contributed by atoms with Gasteiger partial charge in [-0.15, -0.1) is 10.2 Å². The van der Waals surface area contributed by atoms with Crippen molar-refractivity contribution in [2.75, 3.05) is 13.1 Å². The summed E-state index contributed by atoms with van der Waals surface area (Å²) in [5.41, 5.74) is 2.64. The maximum absolute atomic E-state index is 13.0. The largest absolute Gasteiger partial charge is 0.361 e. The summed E-state index contributed by atoms with van der Waals surface area (Å²) in [5, 5.41) is 9.71. The molecule has 6 heteroatoms. The lowest BCUT2D eigenvalue weighted by molar-refractivity contribution is 0.0704. The molecule has 1 saturated heterocycles. The van der Waals surface area contributed by atoms with Crippen LogP contribution in [0, 0.1) is 0 Å². The van der Waals surface area contributed by atoms with E-state index < -0.39 is 0 Å². The fourth-order valence-electron chi connectivity index (χ4n) is 3.88. The number of aromatic amines is 1. The van der Waals surface area contributed by atoms with Crippen molar-refractivity contribution in [3.05, 3.63) is 66.2 Å². The molecule has 4 heterocycles. The standard InChI is InChI=1S/C20H19N5O/c26-20(15-6-7-17-14(12-15)8-9-21-17)24-10-3-4-16(13-24)19-23-22-18-5-1-2-11-25(18)19/h1-2,5-9,11-12,16,21H,3-4,10,13H2/t16-/m1/s1. The molecule has 1 N–H and O–H groups in total. The van der Waals surface area contributed by atoms with Gasteiger partial charge in [0.1, 0.15) is 5.82 Å². The van der Waals surface area contributed by atoms with Gasteiger partial charge in [0.05, 0.1) is 0 Å². The number of rotatable bonds is 2. The van der Waals surface area contributed by atoms with Gasteiger partial charge in [0.2, 0.25) is 0 Å². The number of likely N-dealkylation sites (tertiary alicyclic amines) is 1. The second-order valence-electron chi connectivity index (χ2n) is 6.86. The van der Waals surface area contributed by atoms with Crippen molar-refractivity contribution >= 4 is 22.5 Å².